The molecule has 0 aromatic carbocycles. The molecule has 36 valence electrons. The fraction of sp³-hybridized carbons (Fsp3) is 0. The van der Waals surface area contributed by atoms with Crippen LogP contribution in [-0.2, 0) is 22.4 Å². The van der Waals surface area contributed by atoms with E-state index in [1.165, 1.54) is 6.20 Å². The van der Waals surface area contributed by atoms with Crippen LogP contribution in [0.4, 0.5) is 0 Å². The van der Waals surface area contributed by atoms with Crippen LogP contribution in [0.15, 0.2) is 6.20 Å². The van der Waals surface area contributed by atoms with Crippen LogP contribution in [0.5, 0.6) is 0 Å². The molecule has 0 aliphatic carbocycles. The van der Waals surface area contributed by atoms with Gasteiger partial charge in [-0.2, -0.15) is 0 Å². The van der Waals surface area contributed by atoms with Crippen LogP contribution in [-0.4, -0.2) is 15.4 Å². The van der Waals surface area contributed by atoms with Crippen molar-refractivity contribution in [2.75, 3.05) is 0 Å². The molecule has 1 N–H and O–H groups in total. The molecule has 6 heavy (non-hydrogen) atoms. The maximum absolute atomic E-state index is 3.29. The van der Waals surface area contributed by atoms with Crippen LogP contribution in [0.1, 0.15) is 0 Å². The summed E-state index contributed by atoms with van der Waals surface area (Å²) >= 11 is 0. The second-order valence-electron chi connectivity index (χ2n) is 0.603. The van der Waals surface area contributed by atoms with E-state index in [-0.39, 0.29) is 22.4 Å². The van der Waals surface area contributed by atoms with Gasteiger partial charge in [0.05, 0.1) is 0 Å². The summed E-state index contributed by atoms with van der Waals surface area (Å²) in [6, 6.07) is 0. The topological polar surface area (TPSA) is 41.6 Å². The number of aromatic amines is 1. The molecule has 0 fully saturated rings. The third-order valence-corrected chi connectivity index (χ3v) is 0.295. The molecular formula is C2H2AgN3. The molecule has 0 radical (unpaired) electrons. The first-order chi connectivity index (χ1) is 2.50. The van der Waals surface area contributed by atoms with E-state index in [0.29, 0.717) is 0 Å². The Hall–Kier alpha value is -0.120. The zero-order valence-electron chi connectivity index (χ0n) is 2.77. The van der Waals surface area contributed by atoms with Crippen LogP contribution in [0.25, 0.3) is 0 Å². The van der Waals surface area contributed by atoms with Crippen molar-refractivity contribution in [3.8, 4) is 0 Å². The number of nitrogens with zero attached hydrogens (tertiary/aromatic N) is 2. The van der Waals surface area contributed by atoms with Crippen LogP contribution in [0.2, 0.25) is 0 Å². The van der Waals surface area contributed by atoms with E-state index >= 15 is 0 Å². The van der Waals surface area contributed by atoms with E-state index in [4.69, 9.17) is 0 Å². The maximum Gasteiger partial charge on any atom is 1.00 e. The Morgan fingerprint density at radius 1 is 1.67 bits per heavy atom. The molecule has 1 rings (SSSR count). The SMILES string of the molecule is [Ag+].[c-]1c[nH]nn1. The predicted molar refractivity (Wildman–Crippen MR) is 15.2 cm³/mol. The molecule has 0 atom stereocenters. The summed E-state index contributed by atoms with van der Waals surface area (Å²) in [5.41, 5.74) is 0. The molecular weight excluding hydrogens is 174 g/mol. The van der Waals surface area contributed by atoms with Gasteiger partial charge in [0.1, 0.15) is 0 Å². The van der Waals surface area contributed by atoms with E-state index in [1.807, 2.05) is 0 Å². The molecule has 3 nitrogen and oxygen atoms in total. The quantitative estimate of drug-likeness (QED) is 0.431. The zero-order chi connectivity index (χ0) is 3.54. The van der Waals surface area contributed by atoms with E-state index in [0.717, 1.165) is 0 Å². The first-order valence-electron chi connectivity index (χ1n) is 1.22. The Kier molecular flexibility index (Phi) is 3.02. The summed E-state index contributed by atoms with van der Waals surface area (Å²) in [7, 11) is 0. The zero-order valence-corrected chi connectivity index (χ0v) is 4.26. The van der Waals surface area contributed by atoms with E-state index in [9.17, 15) is 0 Å². The van der Waals surface area contributed by atoms with Crippen molar-refractivity contribution in [3.63, 3.8) is 0 Å². The Morgan fingerprint density at radius 3 is 2.67 bits per heavy atom. The number of rotatable bonds is 0. The Bertz CT molecular complexity index is 65.3. The normalized spacial score (nSPS) is 6.67. The molecule has 0 unspecified atom stereocenters. The van der Waals surface area contributed by atoms with Crippen molar-refractivity contribution in [1.82, 2.24) is 15.4 Å². The summed E-state index contributed by atoms with van der Waals surface area (Å²) in [6.45, 7) is 0. The molecule has 1 aromatic rings. The number of hydrogen-bond donors (Lipinski definition) is 1. The van der Waals surface area contributed by atoms with Gasteiger partial charge in [-0.05, 0) is 0 Å². The van der Waals surface area contributed by atoms with Crippen LogP contribution >= 0.6 is 0 Å². The van der Waals surface area contributed by atoms with Crippen LogP contribution in [0.3, 0.4) is 0 Å². The molecule has 0 spiro atoms. The molecule has 0 saturated heterocycles. The summed E-state index contributed by atoms with van der Waals surface area (Å²) < 4.78 is 0. The Morgan fingerprint density at radius 2 is 2.50 bits per heavy atom. The maximum atomic E-state index is 3.29. The summed E-state index contributed by atoms with van der Waals surface area (Å²) in [6.07, 6.45) is 3.97. The first kappa shape index (κ1) is 5.88. The predicted octanol–water partition coefficient (Wildman–Crippen LogP) is -0.398. The minimum Gasteiger partial charge on any atom is -0.352 e. The number of aromatic nitrogens is 3. The average Bonchev–Trinajstić information content (AvgIpc) is 1.76. The average molecular weight is 176 g/mol. The van der Waals surface area contributed by atoms with Gasteiger partial charge < -0.3 is 16.4 Å². The molecule has 0 saturated carbocycles. The number of H-pyrrole nitrogens is 1. The monoisotopic (exact) mass is 175 g/mol. The second-order valence-corrected chi connectivity index (χ2v) is 0.603. The molecule has 0 aliphatic rings. The van der Waals surface area contributed by atoms with E-state index in [1.54, 1.807) is 0 Å². The second kappa shape index (κ2) is 3.09. The van der Waals surface area contributed by atoms with Gasteiger partial charge in [0.25, 0.3) is 0 Å². The number of hydrogen-bond acceptors (Lipinski definition) is 2. The van der Waals surface area contributed by atoms with Gasteiger partial charge in [-0.3, -0.25) is 0 Å². The van der Waals surface area contributed by atoms with E-state index in [2.05, 4.69) is 21.6 Å². The van der Waals surface area contributed by atoms with Gasteiger partial charge in [0.2, 0.25) is 0 Å². The third kappa shape index (κ3) is 1.35. The first-order valence-corrected chi connectivity index (χ1v) is 1.22. The molecule has 1 aromatic heterocycles. The van der Waals surface area contributed by atoms with Gasteiger partial charge in [0, 0.05) is 0 Å². The van der Waals surface area contributed by atoms with Crippen molar-refractivity contribution < 1.29 is 22.4 Å². The smallest absolute Gasteiger partial charge is 0.352 e. The molecule has 0 aliphatic heterocycles. The number of nitrogens with one attached hydrogen (secondary N) is 1. The van der Waals surface area contributed by atoms with Gasteiger partial charge in [-0.1, -0.05) is 0 Å². The largest absolute Gasteiger partial charge is 1.00 e. The van der Waals surface area contributed by atoms with Crippen molar-refractivity contribution in [2.45, 2.75) is 0 Å². The Balaban J connectivity index is 0.000000250. The van der Waals surface area contributed by atoms with Gasteiger partial charge in [-0.15, -0.1) is 11.4 Å². The Labute approximate surface area is 50.7 Å². The third-order valence-electron chi connectivity index (χ3n) is 0.295. The molecule has 1 heterocycles. The van der Waals surface area contributed by atoms with Gasteiger partial charge in [-0.25, -0.2) is 0 Å². The molecule has 0 bridgehead atoms. The molecule has 0 amide bonds. The summed E-state index contributed by atoms with van der Waals surface area (Å²) in [4.78, 5) is 0. The summed E-state index contributed by atoms with van der Waals surface area (Å²) in [5.74, 6) is 0. The van der Waals surface area contributed by atoms with Crippen molar-refractivity contribution >= 4 is 0 Å². The molecule has 4 heteroatoms. The van der Waals surface area contributed by atoms with Gasteiger partial charge in [0.15, 0.2) is 0 Å². The van der Waals surface area contributed by atoms with Gasteiger partial charge >= 0.3 is 22.4 Å². The van der Waals surface area contributed by atoms with Crippen molar-refractivity contribution in [1.29, 1.82) is 0 Å². The minimum absolute atomic E-state index is 0. The van der Waals surface area contributed by atoms with Crippen LogP contribution < -0.4 is 0 Å². The fourth-order valence-electron chi connectivity index (χ4n) is 0.144. The van der Waals surface area contributed by atoms with Crippen molar-refractivity contribution in [3.05, 3.63) is 12.4 Å². The summed E-state index contributed by atoms with van der Waals surface area (Å²) in [5, 5.41) is 9.03. The fourth-order valence-corrected chi connectivity index (χ4v) is 0.144. The minimum atomic E-state index is 0. The van der Waals surface area contributed by atoms with E-state index < -0.39 is 0 Å². The van der Waals surface area contributed by atoms with Crippen molar-refractivity contribution in [2.24, 2.45) is 0 Å². The van der Waals surface area contributed by atoms with Crippen LogP contribution in [0, 0.1) is 6.20 Å². The standard InChI is InChI=1S/C2H2N3.Ag/c1-2-4-5-3-1;/h1H,(H,3,4,5);/q-1;+1.